The van der Waals surface area contributed by atoms with Crippen LogP contribution in [-0.4, -0.2) is 26.5 Å². The third-order valence-electron chi connectivity index (χ3n) is 2.79. The number of nitrogens with one attached hydrogen (secondary N) is 1. The van der Waals surface area contributed by atoms with Crippen molar-refractivity contribution in [2.45, 2.75) is 6.42 Å². The molecule has 0 amide bonds. The van der Waals surface area contributed by atoms with E-state index in [1.165, 1.54) is 0 Å². The maximum atomic E-state index is 5.52. The first-order valence-corrected chi connectivity index (χ1v) is 5.82. The third kappa shape index (κ3) is 1.96. The van der Waals surface area contributed by atoms with Crippen LogP contribution in [0.4, 0.5) is 0 Å². The summed E-state index contributed by atoms with van der Waals surface area (Å²) in [5.74, 6) is 0.778. The van der Waals surface area contributed by atoms with Gasteiger partial charge in [0, 0.05) is 18.2 Å². The van der Waals surface area contributed by atoms with Crippen LogP contribution < -0.4 is 5.73 Å². The van der Waals surface area contributed by atoms with Crippen molar-refractivity contribution in [2.75, 3.05) is 6.54 Å². The molecule has 0 saturated carbocycles. The molecule has 5 nitrogen and oxygen atoms in total. The lowest BCUT2D eigenvalue weighted by Crippen LogP contribution is -2.06. The average molecular weight is 239 g/mol. The smallest absolute Gasteiger partial charge is 0.130 e. The average Bonchev–Trinajstić information content (AvgIpc) is 2.86. The molecule has 0 aliphatic rings. The number of rotatable bonds is 3. The molecule has 0 spiro atoms. The Morgan fingerprint density at radius 1 is 1.17 bits per heavy atom. The maximum Gasteiger partial charge on any atom is 0.130 e. The predicted octanol–water partition coefficient (Wildman–Crippen LogP) is 1.52. The van der Waals surface area contributed by atoms with Gasteiger partial charge in [-0.2, -0.15) is 0 Å². The molecule has 3 rings (SSSR count). The van der Waals surface area contributed by atoms with Gasteiger partial charge in [-0.3, -0.25) is 0 Å². The summed E-state index contributed by atoms with van der Waals surface area (Å²) in [6.07, 6.45) is 4.15. The number of aromatic nitrogens is 4. The van der Waals surface area contributed by atoms with Crippen LogP contribution in [0.25, 0.3) is 22.3 Å². The van der Waals surface area contributed by atoms with Gasteiger partial charge in [0.15, 0.2) is 0 Å². The first-order chi connectivity index (χ1) is 8.86. The van der Waals surface area contributed by atoms with Crippen LogP contribution in [0.3, 0.4) is 0 Å². The summed E-state index contributed by atoms with van der Waals surface area (Å²) in [7, 11) is 0. The molecular weight excluding hydrogens is 226 g/mol. The molecule has 3 aromatic rings. The molecule has 0 bridgehead atoms. The highest BCUT2D eigenvalue weighted by molar-refractivity contribution is 5.80. The fraction of sp³-hybridized carbons (Fsp3) is 0.154. The van der Waals surface area contributed by atoms with Crippen molar-refractivity contribution in [1.82, 2.24) is 19.9 Å². The molecule has 0 aliphatic carbocycles. The number of fused-ring (bicyclic) bond motifs is 1. The van der Waals surface area contributed by atoms with E-state index in [1.54, 1.807) is 12.5 Å². The summed E-state index contributed by atoms with van der Waals surface area (Å²) < 4.78 is 0. The van der Waals surface area contributed by atoms with Crippen molar-refractivity contribution in [1.29, 1.82) is 0 Å². The minimum absolute atomic E-state index is 0.559. The van der Waals surface area contributed by atoms with Gasteiger partial charge in [0.25, 0.3) is 0 Å². The van der Waals surface area contributed by atoms with Crippen LogP contribution in [0, 0.1) is 0 Å². The summed E-state index contributed by atoms with van der Waals surface area (Å²) in [6.45, 7) is 0.559. The van der Waals surface area contributed by atoms with Gasteiger partial charge in [0.2, 0.25) is 0 Å². The molecule has 2 aromatic heterocycles. The molecule has 90 valence electrons. The van der Waals surface area contributed by atoms with Crippen LogP contribution in [0.5, 0.6) is 0 Å². The Morgan fingerprint density at radius 3 is 3.00 bits per heavy atom. The number of nitrogens with zero attached hydrogens (tertiary/aromatic N) is 3. The van der Waals surface area contributed by atoms with E-state index in [0.717, 1.165) is 28.1 Å². The Balaban J connectivity index is 2.04. The second-order valence-electron chi connectivity index (χ2n) is 4.03. The van der Waals surface area contributed by atoms with Crippen LogP contribution >= 0.6 is 0 Å². The molecular formula is C13H13N5. The molecule has 0 atom stereocenters. The first kappa shape index (κ1) is 10.9. The van der Waals surface area contributed by atoms with Gasteiger partial charge >= 0.3 is 0 Å². The van der Waals surface area contributed by atoms with E-state index >= 15 is 0 Å². The largest absolute Gasteiger partial charge is 0.345 e. The zero-order valence-electron chi connectivity index (χ0n) is 9.80. The molecule has 0 fully saturated rings. The Kier molecular flexibility index (Phi) is 2.74. The highest BCUT2D eigenvalue weighted by Gasteiger charge is 2.04. The SMILES string of the molecule is NCCc1nccc(-c2ccc3nc[nH]c3c2)n1. The van der Waals surface area contributed by atoms with Crippen LogP contribution in [0.1, 0.15) is 5.82 Å². The number of aromatic amines is 1. The van der Waals surface area contributed by atoms with Crippen molar-refractivity contribution in [3.63, 3.8) is 0 Å². The Labute approximate surface area is 104 Å². The second-order valence-corrected chi connectivity index (χ2v) is 4.03. The van der Waals surface area contributed by atoms with Gasteiger partial charge in [0.1, 0.15) is 5.82 Å². The lowest BCUT2D eigenvalue weighted by Gasteiger charge is -2.03. The molecule has 0 radical (unpaired) electrons. The molecule has 3 N–H and O–H groups in total. The van der Waals surface area contributed by atoms with Crippen molar-refractivity contribution in [3.8, 4) is 11.3 Å². The van der Waals surface area contributed by atoms with Gasteiger partial charge in [-0.05, 0) is 24.7 Å². The molecule has 5 heteroatoms. The van der Waals surface area contributed by atoms with E-state index in [9.17, 15) is 0 Å². The minimum Gasteiger partial charge on any atom is -0.345 e. The Hall–Kier alpha value is -2.27. The molecule has 2 heterocycles. The van der Waals surface area contributed by atoms with E-state index in [2.05, 4.69) is 19.9 Å². The fourth-order valence-corrected chi connectivity index (χ4v) is 1.90. The molecule has 18 heavy (non-hydrogen) atoms. The van der Waals surface area contributed by atoms with Gasteiger partial charge in [0.05, 0.1) is 23.1 Å². The zero-order valence-corrected chi connectivity index (χ0v) is 9.80. The number of benzene rings is 1. The Morgan fingerprint density at radius 2 is 2.11 bits per heavy atom. The summed E-state index contributed by atoms with van der Waals surface area (Å²) in [4.78, 5) is 16.0. The summed E-state index contributed by atoms with van der Waals surface area (Å²) >= 11 is 0. The first-order valence-electron chi connectivity index (χ1n) is 5.82. The number of H-pyrrole nitrogens is 1. The van der Waals surface area contributed by atoms with Crippen molar-refractivity contribution in [3.05, 3.63) is 42.6 Å². The van der Waals surface area contributed by atoms with Gasteiger partial charge < -0.3 is 10.7 Å². The molecule has 0 unspecified atom stereocenters. The summed E-state index contributed by atoms with van der Waals surface area (Å²) in [6, 6.07) is 7.93. The monoisotopic (exact) mass is 239 g/mol. The quantitative estimate of drug-likeness (QED) is 0.726. The predicted molar refractivity (Wildman–Crippen MR) is 69.9 cm³/mol. The normalized spacial score (nSPS) is 10.9. The molecule has 0 saturated heterocycles. The van der Waals surface area contributed by atoms with Crippen molar-refractivity contribution >= 4 is 11.0 Å². The Bertz CT molecular complexity index is 674. The van der Waals surface area contributed by atoms with Crippen LogP contribution in [-0.2, 0) is 6.42 Å². The number of hydrogen-bond donors (Lipinski definition) is 2. The van der Waals surface area contributed by atoms with E-state index in [-0.39, 0.29) is 0 Å². The second kappa shape index (κ2) is 4.54. The van der Waals surface area contributed by atoms with E-state index in [1.807, 2.05) is 24.3 Å². The van der Waals surface area contributed by atoms with Crippen LogP contribution in [0.2, 0.25) is 0 Å². The molecule has 1 aromatic carbocycles. The third-order valence-corrected chi connectivity index (χ3v) is 2.79. The minimum atomic E-state index is 0.559. The van der Waals surface area contributed by atoms with Gasteiger partial charge in [-0.25, -0.2) is 15.0 Å². The van der Waals surface area contributed by atoms with Crippen molar-refractivity contribution < 1.29 is 0 Å². The van der Waals surface area contributed by atoms with E-state index in [4.69, 9.17) is 5.73 Å². The summed E-state index contributed by atoms with van der Waals surface area (Å²) in [5.41, 5.74) is 9.43. The standard InChI is InChI=1S/C13H13N5/c14-5-3-13-15-6-4-10(18-13)9-1-2-11-12(7-9)17-8-16-11/h1-2,4,6-8H,3,5,14H2,(H,16,17). The van der Waals surface area contributed by atoms with E-state index < -0.39 is 0 Å². The zero-order chi connectivity index (χ0) is 12.4. The lowest BCUT2D eigenvalue weighted by atomic mass is 10.1. The maximum absolute atomic E-state index is 5.52. The van der Waals surface area contributed by atoms with Gasteiger partial charge in [-0.1, -0.05) is 6.07 Å². The number of nitrogens with two attached hydrogens (primary N) is 1. The highest BCUT2D eigenvalue weighted by Crippen LogP contribution is 2.20. The lowest BCUT2D eigenvalue weighted by molar-refractivity contribution is 0.869. The number of imidazole rings is 1. The van der Waals surface area contributed by atoms with Gasteiger partial charge in [-0.15, -0.1) is 0 Å². The van der Waals surface area contributed by atoms with E-state index in [0.29, 0.717) is 13.0 Å². The van der Waals surface area contributed by atoms with Crippen molar-refractivity contribution in [2.24, 2.45) is 5.73 Å². The number of hydrogen-bond acceptors (Lipinski definition) is 4. The van der Waals surface area contributed by atoms with Crippen LogP contribution in [0.15, 0.2) is 36.8 Å². The summed E-state index contributed by atoms with van der Waals surface area (Å²) in [5, 5.41) is 0. The topological polar surface area (TPSA) is 80.5 Å². The highest BCUT2D eigenvalue weighted by atomic mass is 14.9. The molecule has 0 aliphatic heterocycles. The fourth-order valence-electron chi connectivity index (χ4n) is 1.90.